The molecule has 4 aliphatic rings. The lowest BCUT2D eigenvalue weighted by molar-refractivity contribution is -0.158. The molecular weight excluding hydrogens is 572 g/mol. The van der Waals surface area contributed by atoms with Crippen LogP contribution in [0.2, 0.25) is 0 Å². The quantitative estimate of drug-likeness (QED) is 0.143. The van der Waals surface area contributed by atoms with Crippen LogP contribution < -0.4 is 5.32 Å². The molecule has 264 valence electrons. The summed E-state index contributed by atoms with van der Waals surface area (Å²) in [5.41, 5.74) is 2.19. The number of hydrogen-bond donors (Lipinski definition) is 1. The van der Waals surface area contributed by atoms with Gasteiger partial charge in [0.2, 0.25) is 5.91 Å². The highest BCUT2D eigenvalue weighted by atomic mass is 16.5. The smallest absolute Gasteiger partial charge is 0.309 e. The standard InChI is InChI=1S/C40H70N2O4/c1-28(2)11-9-12-29(3)36-16-15-30(4)39(36,7)19-17-33-13-10-14-34-27-35(18-20-40(33,34)8)46-38(44)32(6)31(5)37(43)41-21-22-42-23-25-45-26-24-42/h14,28-33,35-36H,9-13,15-27H2,1-8H3,(H,41,43)/t29-,30-,31?,32?,33?,35+,36?,39+,40-/m1/s1. The summed E-state index contributed by atoms with van der Waals surface area (Å²) in [5.74, 6) is 2.84. The molecule has 6 nitrogen and oxygen atoms in total. The molecule has 0 bridgehead atoms. The van der Waals surface area contributed by atoms with Gasteiger partial charge in [0.1, 0.15) is 6.10 Å². The maximum Gasteiger partial charge on any atom is 0.309 e. The second-order valence-corrected chi connectivity index (χ2v) is 17.0. The van der Waals surface area contributed by atoms with Gasteiger partial charge in [-0.3, -0.25) is 14.5 Å². The summed E-state index contributed by atoms with van der Waals surface area (Å²) in [4.78, 5) is 28.4. The van der Waals surface area contributed by atoms with Gasteiger partial charge in [0.05, 0.1) is 19.1 Å². The maximum atomic E-state index is 13.2. The van der Waals surface area contributed by atoms with Crippen molar-refractivity contribution in [3.05, 3.63) is 11.6 Å². The SMILES string of the molecule is CC(C)CCC[C@@H](C)C1CC[C@@H](C)[C@]1(C)CCC1CCC=C2C[C@@H](OC(=O)C(C)C(C)C(=O)NCCN3CCOCC3)CC[C@@]21C. The van der Waals surface area contributed by atoms with Crippen LogP contribution in [0.5, 0.6) is 0 Å². The number of rotatable bonds is 15. The average Bonchev–Trinajstić information content (AvgIpc) is 3.33. The van der Waals surface area contributed by atoms with Crippen molar-refractivity contribution in [3.8, 4) is 0 Å². The monoisotopic (exact) mass is 643 g/mol. The number of carbonyl (C=O) groups is 2. The van der Waals surface area contributed by atoms with Gasteiger partial charge < -0.3 is 14.8 Å². The van der Waals surface area contributed by atoms with Crippen molar-refractivity contribution in [3.63, 3.8) is 0 Å². The number of allylic oxidation sites excluding steroid dienone is 1. The van der Waals surface area contributed by atoms with Gasteiger partial charge in [-0.2, -0.15) is 0 Å². The summed E-state index contributed by atoms with van der Waals surface area (Å²) in [6, 6.07) is 0. The van der Waals surface area contributed by atoms with E-state index in [1.807, 2.05) is 13.8 Å². The number of esters is 1. The van der Waals surface area contributed by atoms with Gasteiger partial charge in [-0.05, 0) is 91.8 Å². The lowest BCUT2D eigenvalue weighted by Gasteiger charge is -2.49. The van der Waals surface area contributed by atoms with Crippen molar-refractivity contribution in [1.82, 2.24) is 10.2 Å². The number of hydrogen-bond acceptors (Lipinski definition) is 5. The Bertz CT molecular complexity index is 1020. The number of nitrogens with zero attached hydrogens (tertiary/aromatic N) is 1. The molecule has 1 aliphatic heterocycles. The first kappa shape index (κ1) is 37.4. The lowest BCUT2D eigenvalue weighted by atomic mass is 9.57. The number of nitrogens with one attached hydrogen (secondary N) is 1. The van der Waals surface area contributed by atoms with E-state index in [4.69, 9.17) is 9.47 Å². The molecule has 4 rings (SSSR count). The Kier molecular flexibility index (Phi) is 13.7. The molecule has 0 aromatic rings. The predicted octanol–water partition coefficient (Wildman–Crippen LogP) is 8.44. The summed E-state index contributed by atoms with van der Waals surface area (Å²) in [6.45, 7) is 23.4. The Morgan fingerprint density at radius 2 is 1.76 bits per heavy atom. The molecule has 2 saturated carbocycles. The fraction of sp³-hybridized carbons (Fsp3) is 0.900. The van der Waals surface area contributed by atoms with Gasteiger partial charge in [0, 0.05) is 38.5 Å². The van der Waals surface area contributed by atoms with Gasteiger partial charge in [-0.1, -0.05) is 86.3 Å². The number of fused-ring (bicyclic) bond motifs is 1. The molecule has 6 heteroatoms. The number of amides is 1. The van der Waals surface area contributed by atoms with Crippen molar-refractivity contribution >= 4 is 11.9 Å². The Balaban J connectivity index is 1.26. The van der Waals surface area contributed by atoms with Gasteiger partial charge >= 0.3 is 5.97 Å². The van der Waals surface area contributed by atoms with E-state index >= 15 is 0 Å². The van der Waals surface area contributed by atoms with Crippen molar-refractivity contribution < 1.29 is 19.1 Å². The third-order valence-electron chi connectivity index (χ3n) is 13.7. The molecule has 1 amide bonds. The van der Waals surface area contributed by atoms with E-state index in [0.29, 0.717) is 17.9 Å². The van der Waals surface area contributed by atoms with Crippen LogP contribution in [0, 0.1) is 52.3 Å². The first-order valence-corrected chi connectivity index (χ1v) is 19.3. The largest absolute Gasteiger partial charge is 0.462 e. The van der Waals surface area contributed by atoms with E-state index in [1.165, 1.54) is 56.9 Å². The minimum absolute atomic E-state index is 0.0655. The highest BCUT2D eigenvalue weighted by molar-refractivity contribution is 5.84. The zero-order chi connectivity index (χ0) is 33.5. The van der Waals surface area contributed by atoms with Crippen LogP contribution in [0.4, 0.5) is 0 Å². The normalized spacial score (nSPS) is 34.0. The molecule has 9 atom stereocenters. The topological polar surface area (TPSA) is 67.9 Å². The third kappa shape index (κ3) is 9.18. The minimum atomic E-state index is -0.459. The summed E-state index contributed by atoms with van der Waals surface area (Å²) in [6.07, 6.45) is 17.3. The van der Waals surface area contributed by atoms with Gasteiger partial charge in [0.15, 0.2) is 0 Å². The van der Waals surface area contributed by atoms with E-state index in [0.717, 1.165) is 82.2 Å². The van der Waals surface area contributed by atoms with E-state index in [-0.39, 0.29) is 23.4 Å². The summed E-state index contributed by atoms with van der Waals surface area (Å²) in [7, 11) is 0. The van der Waals surface area contributed by atoms with Crippen LogP contribution in [-0.2, 0) is 19.1 Å². The number of carbonyl (C=O) groups excluding carboxylic acids is 2. The molecule has 1 N–H and O–H groups in total. The zero-order valence-electron chi connectivity index (χ0n) is 31.0. The molecule has 0 aromatic heterocycles. The molecule has 46 heavy (non-hydrogen) atoms. The summed E-state index contributed by atoms with van der Waals surface area (Å²) in [5, 5.41) is 3.04. The molecule has 3 fully saturated rings. The van der Waals surface area contributed by atoms with E-state index in [9.17, 15) is 9.59 Å². The van der Waals surface area contributed by atoms with Crippen molar-refractivity contribution in [2.24, 2.45) is 52.3 Å². The molecule has 3 aliphatic carbocycles. The van der Waals surface area contributed by atoms with E-state index in [1.54, 1.807) is 0 Å². The molecule has 0 spiro atoms. The van der Waals surface area contributed by atoms with E-state index < -0.39 is 11.8 Å². The van der Waals surface area contributed by atoms with Gasteiger partial charge in [0.25, 0.3) is 0 Å². The molecule has 4 unspecified atom stereocenters. The minimum Gasteiger partial charge on any atom is -0.462 e. The van der Waals surface area contributed by atoms with Gasteiger partial charge in [-0.25, -0.2) is 0 Å². The Morgan fingerprint density at radius 3 is 2.48 bits per heavy atom. The summed E-state index contributed by atoms with van der Waals surface area (Å²) >= 11 is 0. The van der Waals surface area contributed by atoms with Crippen LogP contribution in [0.1, 0.15) is 132 Å². The highest BCUT2D eigenvalue weighted by Crippen LogP contribution is 2.58. The second-order valence-electron chi connectivity index (χ2n) is 17.0. The first-order valence-electron chi connectivity index (χ1n) is 19.3. The van der Waals surface area contributed by atoms with Crippen molar-refractivity contribution in [2.45, 2.75) is 139 Å². The van der Waals surface area contributed by atoms with Crippen molar-refractivity contribution in [1.29, 1.82) is 0 Å². The number of ether oxygens (including phenoxy) is 2. The van der Waals surface area contributed by atoms with E-state index in [2.05, 4.69) is 57.8 Å². The molecule has 1 saturated heterocycles. The lowest BCUT2D eigenvalue weighted by Crippen LogP contribution is -2.44. The van der Waals surface area contributed by atoms with Crippen LogP contribution in [-0.4, -0.2) is 62.3 Å². The molecule has 0 aromatic carbocycles. The Labute approximate surface area is 282 Å². The molecular formula is C40H70N2O4. The summed E-state index contributed by atoms with van der Waals surface area (Å²) < 4.78 is 11.5. The van der Waals surface area contributed by atoms with Crippen molar-refractivity contribution in [2.75, 3.05) is 39.4 Å². The number of morpholine rings is 1. The predicted molar refractivity (Wildman–Crippen MR) is 188 cm³/mol. The van der Waals surface area contributed by atoms with Crippen LogP contribution >= 0.6 is 0 Å². The molecule has 1 heterocycles. The fourth-order valence-corrected chi connectivity index (χ4v) is 9.71. The Hall–Kier alpha value is -1.40. The third-order valence-corrected chi connectivity index (χ3v) is 13.7. The second kappa shape index (κ2) is 16.8. The highest BCUT2D eigenvalue weighted by Gasteiger charge is 2.49. The maximum absolute atomic E-state index is 13.2. The van der Waals surface area contributed by atoms with Gasteiger partial charge in [-0.15, -0.1) is 0 Å². The van der Waals surface area contributed by atoms with Crippen LogP contribution in [0.25, 0.3) is 0 Å². The molecule has 0 radical (unpaired) electrons. The fourth-order valence-electron chi connectivity index (χ4n) is 9.71. The average molecular weight is 643 g/mol. The Morgan fingerprint density at radius 1 is 1.02 bits per heavy atom. The van der Waals surface area contributed by atoms with Crippen LogP contribution in [0.3, 0.4) is 0 Å². The van der Waals surface area contributed by atoms with Crippen LogP contribution in [0.15, 0.2) is 11.6 Å². The first-order chi connectivity index (χ1) is 21.8. The zero-order valence-corrected chi connectivity index (χ0v) is 31.0.